The molecule has 26 heavy (non-hydrogen) atoms. The summed E-state index contributed by atoms with van der Waals surface area (Å²) >= 11 is 0. The van der Waals surface area contributed by atoms with Crippen LogP contribution in [0.1, 0.15) is 37.9 Å². The van der Waals surface area contributed by atoms with Gasteiger partial charge in [-0.05, 0) is 49.3 Å². The van der Waals surface area contributed by atoms with Gasteiger partial charge in [-0.1, -0.05) is 32.0 Å². The zero-order chi connectivity index (χ0) is 18.6. The van der Waals surface area contributed by atoms with Crippen molar-refractivity contribution in [3.8, 4) is 5.69 Å². The summed E-state index contributed by atoms with van der Waals surface area (Å²) in [6.45, 7) is 9.85. The van der Waals surface area contributed by atoms with Gasteiger partial charge in [0, 0.05) is 32.9 Å². The Balaban J connectivity index is 1.50. The molecule has 5 nitrogen and oxygen atoms in total. The minimum Gasteiger partial charge on any atom is -0.356 e. The van der Waals surface area contributed by atoms with Crippen molar-refractivity contribution in [1.29, 1.82) is 0 Å². The molecule has 1 aliphatic heterocycles. The molecule has 0 saturated carbocycles. The Morgan fingerprint density at radius 3 is 2.69 bits per heavy atom. The molecule has 0 aliphatic carbocycles. The Labute approximate surface area is 157 Å². The topological polar surface area (TPSA) is 45.5 Å². The van der Waals surface area contributed by atoms with Gasteiger partial charge in [-0.3, -0.25) is 4.99 Å². The molecule has 140 valence electrons. The lowest BCUT2D eigenvalue weighted by atomic mass is 9.93. The fraction of sp³-hybridized carbons (Fsp3) is 0.524. The molecular weight excluding hydrogens is 322 g/mol. The smallest absolute Gasteiger partial charge is 0.193 e. The monoisotopic (exact) mass is 353 g/mol. The number of aliphatic imine (C=N–C) groups is 1. The predicted octanol–water partition coefficient (Wildman–Crippen LogP) is 3.42. The Morgan fingerprint density at radius 2 is 2.04 bits per heavy atom. The Bertz CT molecular complexity index is 745. The lowest BCUT2D eigenvalue weighted by Gasteiger charge is -2.23. The summed E-state index contributed by atoms with van der Waals surface area (Å²) in [6.07, 6.45) is 5.47. The standard InChI is InChI=1S/C21H31N5/c1-17-18(15-26(24-17)19-10-6-5-7-11-19)9-8-13-23-20(22-4)25-14-12-21(2,3)16-25/h5-7,10-11,15H,8-9,12-14,16H2,1-4H3,(H,22,23). The van der Waals surface area contributed by atoms with Crippen molar-refractivity contribution in [2.24, 2.45) is 10.4 Å². The summed E-state index contributed by atoms with van der Waals surface area (Å²) in [5.41, 5.74) is 3.92. The van der Waals surface area contributed by atoms with E-state index in [2.05, 4.69) is 59.4 Å². The summed E-state index contributed by atoms with van der Waals surface area (Å²) < 4.78 is 1.98. The number of nitrogens with one attached hydrogen (secondary N) is 1. The van der Waals surface area contributed by atoms with Crippen molar-refractivity contribution in [2.45, 2.75) is 40.0 Å². The minimum absolute atomic E-state index is 0.390. The van der Waals surface area contributed by atoms with E-state index >= 15 is 0 Å². The van der Waals surface area contributed by atoms with Gasteiger partial charge in [0.05, 0.1) is 11.4 Å². The molecule has 1 fully saturated rings. The second-order valence-electron chi connectivity index (χ2n) is 7.93. The first-order valence-electron chi connectivity index (χ1n) is 9.55. The number of nitrogens with zero attached hydrogens (tertiary/aromatic N) is 4. The fourth-order valence-corrected chi connectivity index (χ4v) is 3.56. The maximum absolute atomic E-state index is 4.65. The first-order chi connectivity index (χ1) is 12.5. The van der Waals surface area contributed by atoms with Crippen LogP contribution in [0.15, 0.2) is 41.5 Å². The van der Waals surface area contributed by atoms with Crippen LogP contribution in [0.5, 0.6) is 0 Å². The number of aromatic nitrogens is 2. The van der Waals surface area contributed by atoms with Crippen LogP contribution in [-0.2, 0) is 6.42 Å². The van der Waals surface area contributed by atoms with Gasteiger partial charge in [0.25, 0.3) is 0 Å². The van der Waals surface area contributed by atoms with E-state index in [0.29, 0.717) is 5.41 Å². The molecule has 0 radical (unpaired) electrons. The van der Waals surface area contributed by atoms with Gasteiger partial charge < -0.3 is 10.2 Å². The van der Waals surface area contributed by atoms with Crippen molar-refractivity contribution in [1.82, 2.24) is 20.0 Å². The summed E-state index contributed by atoms with van der Waals surface area (Å²) in [4.78, 5) is 6.83. The maximum Gasteiger partial charge on any atom is 0.193 e. The third-order valence-electron chi connectivity index (χ3n) is 5.12. The lowest BCUT2D eigenvalue weighted by Crippen LogP contribution is -2.41. The molecule has 0 spiro atoms. The molecule has 2 aromatic rings. The highest BCUT2D eigenvalue weighted by Crippen LogP contribution is 2.28. The second-order valence-corrected chi connectivity index (χ2v) is 7.93. The van der Waals surface area contributed by atoms with E-state index in [1.807, 2.05) is 29.9 Å². The van der Waals surface area contributed by atoms with Gasteiger partial charge >= 0.3 is 0 Å². The highest BCUT2D eigenvalue weighted by molar-refractivity contribution is 5.80. The van der Waals surface area contributed by atoms with Gasteiger partial charge in [-0.25, -0.2) is 4.68 Å². The number of likely N-dealkylation sites (tertiary alicyclic amines) is 1. The molecule has 0 atom stereocenters. The summed E-state index contributed by atoms with van der Waals surface area (Å²) in [5.74, 6) is 1.03. The normalized spacial score (nSPS) is 16.9. The molecule has 2 heterocycles. The average molecular weight is 354 g/mol. The number of rotatable bonds is 5. The van der Waals surface area contributed by atoms with Crippen LogP contribution >= 0.6 is 0 Å². The van der Waals surface area contributed by atoms with Crippen LogP contribution < -0.4 is 5.32 Å². The van der Waals surface area contributed by atoms with Gasteiger partial charge in [-0.2, -0.15) is 5.10 Å². The van der Waals surface area contributed by atoms with Gasteiger partial charge in [0.15, 0.2) is 5.96 Å². The number of guanidine groups is 1. The number of benzene rings is 1. The summed E-state index contributed by atoms with van der Waals surface area (Å²) in [6, 6.07) is 10.3. The van der Waals surface area contributed by atoms with E-state index in [4.69, 9.17) is 0 Å². The lowest BCUT2D eigenvalue weighted by molar-refractivity contribution is 0.370. The molecule has 1 aromatic carbocycles. The molecule has 1 aliphatic rings. The second kappa shape index (κ2) is 7.94. The SMILES string of the molecule is CN=C(NCCCc1cn(-c2ccccc2)nc1C)N1CCC(C)(C)C1. The van der Waals surface area contributed by atoms with E-state index in [0.717, 1.165) is 49.8 Å². The van der Waals surface area contributed by atoms with Crippen molar-refractivity contribution < 1.29 is 0 Å². The maximum atomic E-state index is 4.65. The first kappa shape index (κ1) is 18.5. The molecule has 0 unspecified atom stereocenters. The van der Waals surface area contributed by atoms with E-state index < -0.39 is 0 Å². The fourth-order valence-electron chi connectivity index (χ4n) is 3.56. The van der Waals surface area contributed by atoms with Gasteiger partial charge in [-0.15, -0.1) is 0 Å². The van der Waals surface area contributed by atoms with Crippen LogP contribution in [0.25, 0.3) is 5.69 Å². The summed E-state index contributed by atoms with van der Waals surface area (Å²) in [5, 5.41) is 8.18. The van der Waals surface area contributed by atoms with E-state index in [1.165, 1.54) is 12.0 Å². The molecular formula is C21H31N5. The van der Waals surface area contributed by atoms with E-state index in [9.17, 15) is 0 Å². The summed E-state index contributed by atoms with van der Waals surface area (Å²) in [7, 11) is 1.88. The third kappa shape index (κ3) is 4.45. The number of para-hydroxylation sites is 1. The minimum atomic E-state index is 0.390. The first-order valence-corrected chi connectivity index (χ1v) is 9.55. The Hall–Kier alpha value is -2.30. The molecule has 5 heteroatoms. The van der Waals surface area contributed by atoms with Crippen molar-refractivity contribution in [3.05, 3.63) is 47.8 Å². The van der Waals surface area contributed by atoms with Crippen LogP contribution in [0.2, 0.25) is 0 Å². The largest absolute Gasteiger partial charge is 0.356 e. The van der Waals surface area contributed by atoms with E-state index in [1.54, 1.807) is 0 Å². The van der Waals surface area contributed by atoms with Crippen molar-refractivity contribution >= 4 is 5.96 Å². The average Bonchev–Trinajstić information content (AvgIpc) is 3.18. The van der Waals surface area contributed by atoms with Crippen LogP contribution in [0, 0.1) is 12.3 Å². The molecule has 0 amide bonds. The van der Waals surface area contributed by atoms with E-state index in [-0.39, 0.29) is 0 Å². The number of aryl methyl sites for hydroxylation is 2. The third-order valence-corrected chi connectivity index (χ3v) is 5.12. The van der Waals surface area contributed by atoms with Crippen LogP contribution in [0.3, 0.4) is 0 Å². The van der Waals surface area contributed by atoms with Gasteiger partial charge in [0.1, 0.15) is 0 Å². The zero-order valence-electron chi connectivity index (χ0n) is 16.5. The molecule has 0 bridgehead atoms. The molecule has 1 saturated heterocycles. The molecule has 1 N–H and O–H groups in total. The van der Waals surface area contributed by atoms with Crippen LogP contribution in [-0.4, -0.2) is 47.3 Å². The highest BCUT2D eigenvalue weighted by Gasteiger charge is 2.30. The van der Waals surface area contributed by atoms with Crippen LogP contribution in [0.4, 0.5) is 0 Å². The highest BCUT2D eigenvalue weighted by atomic mass is 15.3. The number of hydrogen-bond acceptors (Lipinski definition) is 2. The van der Waals surface area contributed by atoms with Crippen molar-refractivity contribution in [3.63, 3.8) is 0 Å². The quantitative estimate of drug-likeness (QED) is 0.509. The zero-order valence-corrected chi connectivity index (χ0v) is 16.5. The molecule has 1 aromatic heterocycles. The van der Waals surface area contributed by atoms with Crippen molar-refractivity contribution in [2.75, 3.05) is 26.7 Å². The Kier molecular flexibility index (Phi) is 5.64. The predicted molar refractivity (Wildman–Crippen MR) is 108 cm³/mol. The van der Waals surface area contributed by atoms with Gasteiger partial charge in [0.2, 0.25) is 0 Å². The Morgan fingerprint density at radius 1 is 1.27 bits per heavy atom. The molecule has 3 rings (SSSR count). The number of hydrogen-bond donors (Lipinski definition) is 1.